The van der Waals surface area contributed by atoms with Crippen molar-refractivity contribution < 1.29 is 31.2 Å². The zero-order chi connectivity index (χ0) is 15.0. The van der Waals surface area contributed by atoms with E-state index in [9.17, 15) is 31.7 Å². The highest BCUT2D eigenvalue weighted by Gasteiger charge is 2.39. The van der Waals surface area contributed by atoms with Gasteiger partial charge in [-0.1, -0.05) is 0 Å². The number of nitrogens with two attached hydrogens (primary N) is 1. The number of ether oxygens (including phenoxy) is 1. The predicted octanol–water partition coefficient (Wildman–Crippen LogP) is 1.14. The molecule has 0 bridgehead atoms. The van der Waals surface area contributed by atoms with Crippen LogP contribution in [0.2, 0.25) is 0 Å². The van der Waals surface area contributed by atoms with Gasteiger partial charge in [0.05, 0.1) is 8.49 Å². The molecule has 0 saturated heterocycles. The van der Waals surface area contributed by atoms with Crippen molar-refractivity contribution in [1.29, 1.82) is 0 Å². The molecule has 106 valence electrons. The fraction of sp³-hybridized carbons (Fsp3) is 0.167. The lowest BCUT2D eigenvalue weighted by molar-refractivity contribution is -0.392. The number of nitro groups is 1. The van der Waals surface area contributed by atoms with Crippen LogP contribution in [-0.2, 0) is 10.0 Å². The van der Waals surface area contributed by atoms with Crippen molar-refractivity contribution in [2.45, 2.75) is 11.4 Å². The van der Waals surface area contributed by atoms with Gasteiger partial charge in [-0.15, -0.1) is 13.2 Å². The molecule has 0 aliphatic rings. The van der Waals surface area contributed by atoms with Crippen LogP contribution in [0.25, 0.3) is 0 Å². The van der Waals surface area contributed by atoms with Gasteiger partial charge in [0, 0.05) is 6.20 Å². The lowest BCUT2D eigenvalue weighted by Crippen LogP contribution is -2.21. The highest BCUT2D eigenvalue weighted by molar-refractivity contribution is 14.1. The Labute approximate surface area is 117 Å². The molecule has 19 heavy (non-hydrogen) atoms. The number of sulfonamides is 1. The SMILES string of the molecule is NS(=O)(=O)c1ncc(I)c(OC(F)(F)F)c1[N+](=O)[O-]. The van der Waals surface area contributed by atoms with Crippen molar-refractivity contribution in [3.8, 4) is 5.75 Å². The fourth-order valence-electron chi connectivity index (χ4n) is 1.03. The lowest BCUT2D eigenvalue weighted by atomic mass is 10.4. The van der Waals surface area contributed by atoms with Crippen LogP contribution in [0, 0.1) is 13.7 Å². The largest absolute Gasteiger partial charge is 0.573 e. The normalized spacial score (nSPS) is 12.3. The summed E-state index contributed by atoms with van der Waals surface area (Å²) in [4.78, 5) is 12.5. The average Bonchev–Trinajstić information content (AvgIpc) is 2.16. The number of aromatic nitrogens is 1. The molecule has 0 unspecified atom stereocenters. The molecule has 0 atom stereocenters. The predicted molar refractivity (Wildman–Crippen MR) is 61.7 cm³/mol. The van der Waals surface area contributed by atoms with E-state index in [1.54, 1.807) is 0 Å². The summed E-state index contributed by atoms with van der Waals surface area (Å²) in [5.41, 5.74) is -1.47. The minimum absolute atomic E-state index is 0.394. The van der Waals surface area contributed by atoms with Crippen LogP contribution in [0.5, 0.6) is 5.75 Å². The molecule has 2 N–H and O–H groups in total. The molecule has 1 rings (SSSR count). The maximum atomic E-state index is 12.1. The van der Waals surface area contributed by atoms with E-state index in [-0.39, 0.29) is 0 Å². The highest BCUT2D eigenvalue weighted by atomic mass is 127. The van der Waals surface area contributed by atoms with Gasteiger partial charge in [-0.3, -0.25) is 10.1 Å². The zero-order valence-electron chi connectivity index (χ0n) is 8.51. The first-order valence-corrected chi connectivity index (χ1v) is 6.67. The van der Waals surface area contributed by atoms with Gasteiger partial charge < -0.3 is 4.74 Å². The minimum atomic E-state index is -5.23. The molecule has 0 spiro atoms. The zero-order valence-corrected chi connectivity index (χ0v) is 11.5. The molecule has 1 heterocycles. The molecule has 1 aromatic heterocycles. The molecule has 1 aromatic rings. The van der Waals surface area contributed by atoms with Crippen LogP contribution in [0.3, 0.4) is 0 Å². The summed E-state index contributed by atoms with van der Waals surface area (Å²) in [5, 5.41) is 14.1. The Bertz CT molecular complexity index is 632. The highest BCUT2D eigenvalue weighted by Crippen LogP contribution is 2.38. The van der Waals surface area contributed by atoms with Crippen molar-refractivity contribution in [2.24, 2.45) is 5.14 Å². The molecule has 0 aliphatic heterocycles. The molecular weight excluding hydrogens is 410 g/mol. The third kappa shape index (κ3) is 3.87. The number of hydrogen-bond acceptors (Lipinski definition) is 6. The minimum Gasteiger partial charge on any atom is -0.397 e. The topological polar surface area (TPSA) is 125 Å². The van der Waals surface area contributed by atoms with E-state index in [2.05, 4.69) is 14.9 Å². The lowest BCUT2D eigenvalue weighted by Gasteiger charge is -2.11. The number of pyridine rings is 1. The summed E-state index contributed by atoms with van der Waals surface area (Å²) in [5.74, 6) is -1.28. The summed E-state index contributed by atoms with van der Waals surface area (Å²) in [6.07, 6.45) is -4.57. The van der Waals surface area contributed by atoms with E-state index in [1.807, 2.05) is 0 Å². The smallest absolute Gasteiger partial charge is 0.397 e. The summed E-state index contributed by atoms with van der Waals surface area (Å²) >= 11 is 1.28. The van der Waals surface area contributed by atoms with E-state index in [1.165, 1.54) is 22.6 Å². The third-order valence-electron chi connectivity index (χ3n) is 1.60. The van der Waals surface area contributed by atoms with Gasteiger partial charge in [0.25, 0.3) is 15.0 Å². The van der Waals surface area contributed by atoms with E-state index < -0.39 is 41.3 Å². The van der Waals surface area contributed by atoms with Crippen LogP contribution in [0.15, 0.2) is 11.2 Å². The maximum Gasteiger partial charge on any atom is 0.573 e. The maximum absolute atomic E-state index is 12.1. The molecule has 0 fully saturated rings. The van der Waals surface area contributed by atoms with Crippen molar-refractivity contribution in [3.05, 3.63) is 19.9 Å². The standard InChI is InChI=1S/C6H3F3IN3O5S/c7-6(8,9)18-4-2(10)1-12-5(19(11,16)17)3(4)13(14)15/h1H,(H2,11,16,17). The number of halogens is 4. The summed E-state index contributed by atoms with van der Waals surface area (Å²) < 4.78 is 61.6. The quantitative estimate of drug-likeness (QED) is 0.450. The van der Waals surface area contributed by atoms with Gasteiger partial charge in [0.2, 0.25) is 5.75 Å². The molecule has 8 nitrogen and oxygen atoms in total. The van der Waals surface area contributed by atoms with Crippen molar-refractivity contribution in [3.63, 3.8) is 0 Å². The number of hydrogen-bond donors (Lipinski definition) is 1. The molecule has 0 amide bonds. The number of rotatable bonds is 3. The Hall–Kier alpha value is -1.22. The average molecular weight is 413 g/mol. The van der Waals surface area contributed by atoms with Crippen LogP contribution < -0.4 is 9.88 Å². The van der Waals surface area contributed by atoms with Gasteiger partial charge in [-0.25, -0.2) is 18.5 Å². The number of alkyl halides is 3. The van der Waals surface area contributed by atoms with Gasteiger partial charge in [-0.2, -0.15) is 0 Å². The van der Waals surface area contributed by atoms with Gasteiger partial charge in [-0.05, 0) is 22.6 Å². The Balaban J connectivity index is 3.66. The van der Waals surface area contributed by atoms with Crippen molar-refractivity contribution in [1.82, 2.24) is 4.98 Å². The summed E-state index contributed by atoms with van der Waals surface area (Å²) in [6.45, 7) is 0. The Morgan fingerprint density at radius 3 is 2.37 bits per heavy atom. The number of primary sulfonamides is 1. The van der Waals surface area contributed by atoms with E-state index in [0.717, 1.165) is 0 Å². The van der Waals surface area contributed by atoms with Crippen molar-refractivity contribution in [2.75, 3.05) is 0 Å². The monoisotopic (exact) mass is 413 g/mol. The Morgan fingerprint density at radius 2 is 2.00 bits per heavy atom. The van der Waals surface area contributed by atoms with Crippen LogP contribution >= 0.6 is 22.6 Å². The Morgan fingerprint density at radius 1 is 1.47 bits per heavy atom. The molecule has 13 heteroatoms. The van der Waals surface area contributed by atoms with Crippen LogP contribution in [-0.4, -0.2) is 24.7 Å². The second kappa shape index (κ2) is 5.04. The van der Waals surface area contributed by atoms with Gasteiger partial charge in [0.15, 0.2) is 0 Å². The van der Waals surface area contributed by atoms with Crippen molar-refractivity contribution >= 4 is 38.3 Å². The first-order chi connectivity index (χ1) is 8.43. The Kier molecular flexibility index (Phi) is 4.20. The van der Waals surface area contributed by atoms with Crippen LogP contribution in [0.4, 0.5) is 18.9 Å². The van der Waals surface area contributed by atoms with Gasteiger partial charge >= 0.3 is 12.0 Å². The molecule has 0 aromatic carbocycles. The third-order valence-corrected chi connectivity index (χ3v) is 3.21. The van der Waals surface area contributed by atoms with Gasteiger partial charge in [0.1, 0.15) is 0 Å². The fourth-order valence-corrected chi connectivity index (χ4v) is 2.17. The number of nitrogens with zero attached hydrogens (tertiary/aromatic N) is 2. The molecule has 0 saturated carbocycles. The van der Waals surface area contributed by atoms with Crippen LogP contribution in [0.1, 0.15) is 0 Å². The molecule has 0 aliphatic carbocycles. The van der Waals surface area contributed by atoms with E-state index in [0.29, 0.717) is 6.20 Å². The van der Waals surface area contributed by atoms with E-state index >= 15 is 0 Å². The van der Waals surface area contributed by atoms with E-state index in [4.69, 9.17) is 0 Å². The summed E-state index contributed by atoms with van der Waals surface area (Å²) in [6, 6.07) is 0. The molecular formula is C6H3F3IN3O5S. The molecule has 0 radical (unpaired) electrons. The second-order valence-corrected chi connectivity index (χ2v) is 5.58. The first kappa shape index (κ1) is 15.8. The first-order valence-electron chi connectivity index (χ1n) is 4.05. The summed E-state index contributed by atoms with van der Waals surface area (Å²) in [7, 11) is -4.68. The second-order valence-electron chi connectivity index (χ2n) is 2.94.